The molecule has 17 heavy (non-hydrogen) atoms. The molecule has 0 heterocycles. The molecule has 0 aromatic heterocycles. The van der Waals surface area contributed by atoms with Crippen LogP contribution in [0.4, 0.5) is 13.2 Å². The Morgan fingerprint density at radius 2 is 1.59 bits per heavy atom. The molecule has 1 atom stereocenters. The van der Waals surface area contributed by atoms with E-state index < -0.39 is 18.6 Å². The molecule has 1 aromatic rings. The van der Waals surface area contributed by atoms with Gasteiger partial charge in [-0.15, -0.1) is 12.4 Å². The van der Waals surface area contributed by atoms with Crippen molar-refractivity contribution in [2.45, 2.75) is 18.6 Å². The maximum Gasteiger partial charge on any atom is 0.390 e. The largest absolute Gasteiger partial charge is 0.390 e. The van der Waals surface area contributed by atoms with Gasteiger partial charge in [0, 0.05) is 16.6 Å². The first-order valence-corrected chi connectivity index (χ1v) is 5.31. The zero-order chi connectivity index (χ0) is 12.5. The standard InChI is InChI=1S/C9H7Cl3F3N.ClH/c10-4-1-2-5(11)8(12)7(4)6(16)3-9(13,14)15;/h1-2,6H,3,16H2;1H/t6-;/m0./s1. The summed E-state index contributed by atoms with van der Waals surface area (Å²) in [6, 6.07) is 1.44. The van der Waals surface area contributed by atoms with Gasteiger partial charge < -0.3 is 5.73 Å². The number of hydrogen-bond donors (Lipinski definition) is 1. The third-order valence-corrected chi connectivity index (χ3v) is 3.05. The summed E-state index contributed by atoms with van der Waals surface area (Å²) in [5.74, 6) is 0. The number of hydrogen-bond acceptors (Lipinski definition) is 1. The Labute approximate surface area is 117 Å². The van der Waals surface area contributed by atoms with Crippen LogP contribution < -0.4 is 5.73 Å². The minimum Gasteiger partial charge on any atom is -0.324 e. The quantitative estimate of drug-likeness (QED) is 0.758. The molecule has 0 unspecified atom stereocenters. The van der Waals surface area contributed by atoms with Gasteiger partial charge in [-0.25, -0.2) is 0 Å². The minimum absolute atomic E-state index is 0. The molecule has 0 saturated heterocycles. The fraction of sp³-hybridized carbons (Fsp3) is 0.333. The van der Waals surface area contributed by atoms with E-state index in [2.05, 4.69) is 0 Å². The molecular formula is C9H8Cl4F3N. The lowest BCUT2D eigenvalue weighted by Crippen LogP contribution is -2.20. The van der Waals surface area contributed by atoms with E-state index in [1.165, 1.54) is 12.1 Å². The topological polar surface area (TPSA) is 26.0 Å². The monoisotopic (exact) mass is 327 g/mol. The van der Waals surface area contributed by atoms with Gasteiger partial charge in [-0.2, -0.15) is 13.2 Å². The molecule has 0 spiro atoms. The summed E-state index contributed by atoms with van der Waals surface area (Å²) in [7, 11) is 0. The van der Waals surface area contributed by atoms with Crippen molar-refractivity contribution in [3.63, 3.8) is 0 Å². The maximum absolute atomic E-state index is 12.2. The number of halogens is 7. The molecule has 0 aliphatic carbocycles. The zero-order valence-electron chi connectivity index (χ0n) is 8.19. The summed E-state index contributed by atoms with van der Waals surface area (Å²) in [5.41, 5.74) is 5.43. The molecule has 98 valence electrons. The van der Waals surface area contributed by atoms with Crippen molar-refractivity contribution in [2.24, 2.45) is 5.73 Å². The highest BCUT2D eigenvalue weighted by Crippen LogP contribution is 2.38. The lowest BCUT2D eigenvalue weighted by molar-refractivity contribution is -0.138. The van der Waals surface area contributed by atoms with Gasteiger partial charge in [0.2, 0.25) is 0 Å². The van der Waals surface area contributed by atoms with E-state index in [1.807, 2.05) is 0 Å². The second-order valence-corrected chi connectivity index (χ2v) is 4.38. The molecule has 1 nitrogen and oxygen atoms in total. The first-order chi connectivity index (χ1) is 7.22. The van der Waals surface area contributed by atoms with E-state index >= 15 is 0 Å². The van der Waals surface area contributed by atoms with Crippen molar-refractivity contribution in [1.82, 2.24) is 0 Å². The normalized spacial score (nSPS) is 13.1. The van der Waals surface area contributed by atoms with Crippen LogP contribution >= 0.6 is 47.2 Å². The van der Waals surface area contributed by atoms with Crippen LogP contribution in [0.3, 0.4) is 0 Å². The van der Waals surface area contributed by atoms with Crippen molar-refractivity contribution >= 4 is 47.2 Å². The van der Waals surface area contributed by atoms with Crippen molar-refractivity contribution in [2.75, 3.05) is 0 Å². The zero-order valence-corrected chi connectivity index (χ0v) is 11.3. The Kier molecular flexibility index (Phi) is 6.39. The van der Waals surface area contributed by atoms with Gasteiger partial charge >= 0.3 is 6.18 Å². The molecule has 0 saturated carbocycles. The van der Waals surface area contributed by atoms with Gasteiger partial charge in [0.15, 0.2) is 0 Å². The van der Waals surface area contributed by atoms with Crippen LogP contribution in [-0.4, -0.2) is 6.18 Å². The van der Waals surface area contributed by atoms with Crippen LogP contribution in [0, 0.1) is 0 Å². The smallest absolute Gasteiger partial charge is 0.324 e. The molecule has 2 N–H and O–H groups in total. The fourth-order valence-corrected chi connectivity index (χ4v) is 2.05. The van der Waals surface area contributed by atoms with E-state index in [-0.39, 0.29) is 33.0 Å². The van der Waals surface area contributed by atoms with E-state index in [0.717, 1.165) is 0 Å². The van der Waals surface area contributed by atoms with Gasteiger partial charge in [0.1, 0.15) is 0 Å². The molecular weight excluding hydrogens is 321 g/mol. The molecule has 1 aromatic carbocycles. The second kappa shape index (κ2) is 6.34. The van der Waals surface area contributed by atoms with Gasteiger partial charge in [0.05, 0.1) is 16.5 Å². The van der Waals surface area contributed by atoms with Gasteiger partial charge in [-0.3, -0.25) is 0 Å². The van der Waals surface area contributed by atoms with E-state index in [0.29, 0.717) is 0 Å². The summed E-state index contributed by atoms with van der Waals surface area (Å²) >= 11 is 17.2. The predicted octanol–water partition coefficient (Wildman–Crippen LogP) is 5.02. The molecule has 8 heteroatoms. The lowest BCUT2D eigenvalue weighted by Gasteiger charge is -2.17. The number of benzene rings is 1. The molecule has 1 rings (SSSR count). The SMILES string of the molecule is Cl.N[C@@H](CC(F)(F)F)c1c(Cl)ccc(Cl)c1Cl. The molecule has 0 amide bonds. The van der Waals surface area contributed by atoms with Crippen LogP contribution in [-0.2, 0) is 0 Å². The Morgan fingerprint density at radius 3 is 2.06 bits per heavy atom. The molecule has 0 aliphatic heterocycles. The second-order valence-electron chi connectivity index (χ2n) is 3.18. The Balaban J connectivity index is 0.00000256. The van der Waals surface area contributed by atoms with Crippen molar-refractivity contribution in [3.8, 4) is 0 Å². The molecule has 0 radical (unpaired) electrons. The molecule has 0 fully saturated rings. The first kappa shape index (κ1) is 17.1. The van der Waals surface area contributed by atoms with Crippen LogP contribution in [0.2, 0.25) is 15.1 Å². The van der Waals surface area contributed by atoms with Crippen molar-refractivity contribution in [3.05, 3.63) is 32.8 Å². The number of rotatable bonds is 2. The number of alkyl halides is 3. The Bertz CT molecular complexity index is 395. The minimum atomic E-state index is -4.38. The van der Waals surface area contributed by atoms with Crippen molar-refractivity contribution < 1.29 is 13.2 Å². The van der Waals surface area contributed by atoms with E-state index in [1.54, 1.807) is 0 Å². The van der Waals surface area contributed by atoms with Crippen LogP contribution in [0.5, 0.6) is 0 Å². The summed E-state index contributed by atoms with van der Waals surface area (Å²) in [5, 5.41) is 0.163. The highest BCUT2D eigenvalue weighted by atomic mass is 35.5. The lowest BCUT2D eigenvalue weighted by atomic mass is 10.0. The third kappa shape index (κ3) is 4.72. The fourth-order valence-electron chi connectivity index (χ4n) is 1.23. The average molecular weight is 329 g/mol. The Morgan fingerprint density at radius 1 is 1.12 bits per heavy atom. The molecule has 0 aliphatic rings. The van der Waals surface area contributed by atoms with Crippen molar-refractivity contribution in [1.29, 1.82) is 0 Å². The highest BCUT2D eigenvalue weighted by molar-refractivity contribution is 6.44. The average Bonchev–Trinajstić information content (AvgIpc) is 2.09. The van der Waals surface area contributed by atoms with Gasteiger partial charge in [-0.05, 0) is 12.1 Å². The van der Waals surface area contributed by atoms with Crippen LogP contribution in [0.15, 0.2) is 12.1 Å². The summed E-state index contributed by atoms with van der Waals surface area (Å²) in [6.45, 7) is 0. The summed E-state index contributed by atoms with van der Waals surface area (Å²) < 4.78 is 36.5. The summed E-state index contributed by atoms with van der Waals surface area (Å²) in [4.78, 5) is 0. The van der Waals surface area contributed by atoms with Gasteiger partial charge in [0.25, 0.3) is 0 Å². The van der Waals surface area contributed by atoms with E-state index in [9.17, 15) is 13.2 Å². The maximum atomic E-state index is 12.2. The van der Waals surface area contributed by atoms with Crippen LogP contribution in [0.1, 0.15) is 18.0 Å². The van der Waals surface area contributed by atoms with Gasteiger partial charge in [-0.1, -0.05) is 34.8 Å². The first-order valence-electron chi connectivity index (χ1n) is 4.18. The Hall–Kier alpha value is 0.130. The number of nitrogens with two attached hydrogens (primary N) is 1. The van der Waals surface area contributed by atoms with Crippen LogP contribution in [0.25, 0.3) is 0 Å². The summed E-state index contributed by atoms with van der Waals surface area (Å²) in [6.07, 6.45) is -5.58. The highest BCUT2D eigenvalue weighted by Gasteiger charge is 2.32. The third-order valence-electron chi connectivity index (χ3n) is 1.90. The predicted molar refractivity (Wildman–Crippen MR) is 66.3 cm³/mol. The molecule has 0 bridgehead atoms. The van der Waals surface area contributed by atoms with E-state index in [4.69, 9.17) is 40.5 Å².